The van der Waals surface area contributed by atoms with Crippen molar-refractivity contribution in [3.8, 4) is 0 Å². The number of rotatable bonds is 10. The number of nitrogens with zero attached hydrogens (tertiary/aromatic N) is 1. The predicted octanol–water partition coefficient (Wildman–Crippen LogP) is 3.95. The second-order valence-corrected chi connectivity index (χ2v) is 7.04. The van der Waals surface area contributed by atoms with Gasteiger partial charge in [-0.3, -0.25) is 4.57 Å². The molecule has 0 aliphatic rings. The Hall–Kier alpha value is -0.350. The first-order valence-electron chi connectivity index (χ1n) is 6.72. The highest BCUT2D eigenvalue weighted by Crippen LogP contribution is 2.42. The van der Waals surface area contributed by atoms with Gasteiger partial charge in [0, 0.05) is 24.8 Å². The van der Waals surface area contributed by atoms with E-state index in [1.807, 2.05) is 42.5 Å². The van der Waals surface area contributed by atoms with Crippen molar-refractivity contribution in [2.24, 2.45) is 5.50 Å². The number of alkyl halides is 2. The van der Waals surface area contributed by atoms with Gasteiger partial charge in [-0.15, -0.1) is 23.2 Å². The molecule has 4 nitrogen and oxygen atoms in total. The lowest BCUT2D eigenvalue weighted by Gasteiger charge is -2.26. The SMILES string of the molecule is N[P@](=O)(OCC/C=C/c1ccccc1)N(CCCl)CCCl. The van der Waals surface area contributed by atoms with Gasteiger partial charge >= 0.3 is 7.67 Å². The molecule has 1 aromatic rings. The summed E-state index contributed by atoms with van der Waals surface area (Å²) >= 11 is 11.3. The van der Waals surface area contributed by atoms with Crippen LogP contribution in [-0.4, -0.2) is 36.1 Å². The van der Waals surface area contributed by atoms with Crippen LogP contribution in [0.3, 0.4) is 0 Å². The molecule has 1 atom stereocenters. The Morgan fingerprint density at radius 3 is 2.38 bits per heavy atom. The molecule has 0 heterocycles. The number of benzene rings is 1. The zero-order chi connectivity index (χ0) is 15.6. The minimum Gasteiger partial charge on any atom is -0.306 e. The Balaban J connectivity index is 2.39. The largest absolute Gasteiger partial charge is 0.340 e. The van der Waals surface area contributed by atoms with Gasteiger partial charge in [0.15, 0.2) is 0 Å². The molecule has 0 spiro atoms. The number of nitrogens with two attached hydrogens (primary N) is 1. The molecule has 0 bridgehead atoms. The van der Waals surface area contributed by atoms with Crippen molar-refractivity contribution in [1.82, 2.24) is 4.67 Å². The first-order valence-corrected chi connectivity index (χ1v) is 9.44. The van der Waals surface area contributed by atoms with E-state index in [0.29, 0.717) is 31.3 Å². The fourth-order valence-electron chi connectivity index (χ4n) is 1.70. The molecule has 2 N–H and O–H groups in total. The van der Waals surface area contributed by atoms with E-state index < -0.39 is 7.67 Å². The second-order valence-electron chi connectivity index (χ2n) is 4.33. The van der Waals surface area contributed by atoms with Crippen molar-refractivity contribution < 1.29 is 9.09 Å². The monoisotopic (exact) mass is 350 g/mol. The Bertz CT molecular complexity index is 465. The molecule has 0 saturated heterocycles. The summed E-state index contributed by atoms with van der Waals surface area (Å²) in [6.45, 7) is 1.07. The lowest BCUT2D eigenvalue weighted by atomic mass is 10.2. The maximum absolute atomic E-state index is 12.3. The summed E-state index contributed by atoms with van der Waals surface area (Å²) in [5, 5.41) is 0. The van der Waals surface area contributed by atoms with Gasteiger partial charge in [-0.1, -0.05) is 42.5 Å². The summed E-state index contributed by atoms with van der Waals surface area (Å²) in [7, 11) is -3.32. The number of hydrogen-bond acceptors (Lipinski definition) is 2. The van der Waals surface area contributed by atoms with E-state index in [4.69, 9.17) is 33.2 Å². The molecule has 1 rings (SSSR count). The van der Waals surface area contributed by atoms with Crippen molar-refractivity contribution in [2.45, 2.75) is 6.42 Å². The fourth-order valence-corrected chi connectivity index (χ4v) is 3.63. The maximum atomic E-state index is 12.3. The molecule has 0 aliphatic carbocycles. The third-order valence-corrected chi connectivity index (χ3v) is 4.83. The van der Waals surface area contributed by atoms with E-state index >= 15 is 0 Å². The Labute approximate surface area is 136 Å². The minimum absolute atomic E-state index is 0.290. The summed E-state index contributed by atoms with van der Waals surface area (Å²) in [6, 6.07) is 9.93. The van der Waals surface area contributed by atoms with E-state index in [2.05, 4.69) is 0 Å². The van der Waals surface area contributed by atoms with E-state index in [1.165, 1.54) is 4.67 Å². The van der Waals surface area contributed by atoms with Gasteiger partial charge in [-0.05, 0) is 12.0 Å². The molecule has 7 heteroatoms. The van der Waals surface area contributed by atoms with Gasteiger partial charge in [-0.2, -0.15) is 0 Å². The minimum atomic E-state index is -3.32. The van der Waals surface area contributed by atoms with E-state index in [9.17, 15) is 4.57 Å². The molecule has 0 aliphatic heterocycles. The Kier molecular flexibility index (Phi) is 9.25. The highest BCUT2D eigenvalue weighted by Gasteiger charge is 2.25. The zero-order valence-electron chi connectivity index (χ0n) is 11.8. The first-order chi connectivity index (χ1) is 10.1. The molecule has 21 heavy (non-hydrogen) atoms. The molecular formula is C14H21Cl2N2O2P. The second kappa shape index (κ2) is 10.4. The van der Waals surface area contributed by atoms with Crippen molar-refractivity contribution in [3.63, 3.8) is 0 Å². The zero-order valence-corrected chi connectivity index (χ0v) is 14.2. The van der Waals surface area contributed by atoms with Crippen LogP contribution in [0, 0.1) is 0 Å². The van der Waals surface area contributed by atoms with Crippen LogP contribution in [-0.2, 0) is 9.09 Å². The summed E-state index contributed by atoms with van der Waals surface area (Å²) in [5.74, 6) is 0.657. The van der Waals surface area contributed by atoms with Gasteiger partial charge in [0.1, 0.15) is 0 Å². The van der Waals surface area contributed by atoms with Gasteiger partial charge in [-0.25, -0.2) is 10.2 Å². The van der Waals surface area contributed by atoms with Crippen LogP contribution in [0.4, 0.5) is 0 Å². The molecule has 0 saturated carbocycles. The Morgan fingerprint density at radius 2 is 1.81 bits per heavy atom. The van der Waals surface area contributed by atoms with Gasteiger partial charge in [0.25, 0.3) is 0 Å². The smallest absolute Gasteiger partial charge is 0.306 e. The van der Waals surface area contributed by atoms with Crippen molar-refractivity contribution in [1.29, 1.82) is 0 Å². The van der Waals surface area contributed by atoms with Crippen LogP contribution in [0.15, 0.2) is 36.4 Å². The summed E-state index contributed by atoms with van der Waals surface area (Å²) < 4.78 is 19.1. The average molecular weight is 351 g/mol. The highest BCUT2D eigenvalue weighted by atomic mass is 35.5. The molecule has 0 amide bonds. The first kappa shape index (κ1) is 18.7. The number of hydrogen-bond donors (Lipinski definition) is 1. The molecule has 0 radical (unpaired) electrons. The quantitative estimate of drug-likeness (QED) is 0.394. The molecule has 0 unspecified atom stereocenters. The molecule has 0 fully saturated rings. The van der Waals surface area contributed by atoms with Crippen LogP contribution >= 0.6 is 30.9 Å². The highest BCUT2D eigenvalue weighted by molar-refractivity contribution is 7.53. The van der Waals surface area contributed by atoms with E-state index in [0.717, 1.165) is 5.56 Å². The van der Waals surface area contributed by atoms with Crippen LogP contribution in [0.1, 0.15) is 12.0 Å². The average Bonchev–Trinajstić information content (AvgIpc) is 2.47. The summed E-state index contributed by atoms with van der Waals surface area (Å²) in [5.41, 5.74) is 6.85. The normalized spacial score (nSPS) is 14.7. The van der Waals surface area contributed by atoms with E-state index in [-0.39, 0.29) is 6.61 Å². The summed E-state index contributed by atoms with van der Waals surface area (Å²) in [4.78, 5) is 0. The van der Waals surface area contributed by atoms with Crippen LogP contribution in [0.25, 0.3) is 6.08 Å². The predicted molar refractivity (Wildman–Crippen MR) is 90.9 cm³/mol. The fraction of sp³-hybridized carbons (Fsp3) is 0.429. The van der Waals surface area contributed by atoms with Crippen LogP contribution in [0.2, 0.25) is 0 Å². The molecular weight excluding hydrogens is 330 g/mol. The van der Waals surface area contributed by atoms with Gasteiger partial charge in [0.2, 0.25) is 0 Å². The molecule has 118 valence electrons. The van der Waals surface area contributed by atoms with E-state index in [1.54, 1.807) is 0 Å². The molecule has 0 aromatic heterocycles. The number of halogens is 2. The topological polar surface area (TPSA) is 55.6 Å². The lowest BCUT2D eigenvalue weighted by Crippen LogP contribution is -2.29. The maximum Gasteiger partial charge on any atom is 0.340 e. The third-order valence-electron chi connectivity index (χ3n) is 2.75. The molecule has 1 aromatic carbocycles. The Morgan fingerprint density at radius 1 is 1.19 bits per heavy atom. The van der Waals surface area contributed by atoms with Gasteiger partial charge in [0.05, 0.1) is 6.61 Å². The standard InChI is InChI=1S/C14H21Cl2N2O2P/c15-9-11-18(12-10-16)21(17,19)20-13-5-4-8-14-6-2-1-3-7-14/h1-4,6-8H,5,9-13H2,(H2,17,19)/b8-4+/t21-/m0/s1. The van der Waals surface area contributed by atoms with Gasteiger partial charge < -0.3 is 4.52 Å². The van der Waals surface area contributed by atoms with Crippen molar-refractivity contribution in [3.05, 3.63) is 42.0 Å². The lowest BCUT2D eigenvalue weighted by molar-refractivity contribution is 0.270. The van der Waals surface area contributed by atoms with Crippen LogP contribution in [0.5, 0.6) is 0 Å². The van der Waals surface area contributed by atoms with Crippen LogP contribution < -0.4 is 5.50 Å². The van der Waals surface area contributed by atoms with Crippen molar-refractivity contribution >= 4 is 36.9 Å². The van der Waals surface area contributed by atoms with Crippen molar-refractivity contribution in [2.75, 3.05) is 31.5 Å². The third kappa shape index (κ3) is 7.46. The summed E-state index contributed by atoms with van der Waals surface area (Å²) in [6.07, 6.45) is 4.58.